The number of rotatable bonds is 1. The zero-order chi connectivity index (χ0) is 5.21. The van der Waals surface area contributed by atoms with Gasteiger partial charge in [0.15, 0.2) is 0 Å². The number of thiol groups is 1. The Bertz CT molecular complexity index is 115. The van der Waals surface area contributed by atoms with Gasteiger partial charge in [0.25, 0.3) is 10.1 Å². The van der Waals surface area contributed by atoms with E-state index in [1.54, 1.807) is 0 Å². The SMILES string of the molecule is O=S(=O)(O)CS.[Na]. The van der Waals surface area contributed by atoms with E-state index in [1.165, 1.54) is 0 Å². The summed E-state index contributed by atoms with van der Waals surface area (Å²) in [5.74, 6) is 0. The first-order valence-corrected chi connectivity index (χ1v) is 3.36. The quantitative estimate of drug-likeness (QED) is 0.298. The standard InChI is InChI=1S/CH4O3S2.Na/c2-6(3,4)1-5;/h5H,1H2,(H,2,3,4);. The van der Waals surface area contributed by atoms with Crippen LogP contribution < -0.4 is 0 Å². The molecule has 0 saturated heterocycles. The first-order valence-electron chi connectivity index (χ1n) is 1.12. The summed E-state index contributed by atoms with van der Waals surface area (Å²) in [4.78, 5) is 0. The molecule has 1 N–H and O–H groups in total. The van der Waals surface area contributed by atoms with Gasteiger partial charge in [-0.15, -0.1) is 0 Å². The first kappa shape index (κ1) is 11.1. The van der Waals surface area contributed by atoms with Crippen molar-refractivity contribution in [3.05, 3.63) is 0 Å². The maximum absolute atomic E-state index is 9.48. The Labute approximate surface area is 69.9 Å². The second kappa shape index (κ2) is 4.17. The minimum absolute atomic E-state index is 0. The van der Waals surface area contributed by atoms with Crippen molar-refractivity contribution in [2.45, 2.75) is 0 Å². The second-order valence-electron chi connectivity index (χ2n) is 0.711. The predicted octanol–water partition coefficient (Wildman–Crippen LogP) is -0.619. The van der Waals surface area contributed by atoms with Gasteiger partial charge < -0.3 is 0 Å². The third-order valence-electron chi connectivity index (χ3n) is 0.163. The smallest absolute Gasteiger partial charge is 0.274 e. The van der Waals surface area contributed by atoms with Crippen molar-refractivity contribution in [2.24, 2.45) is 0 Å². The van der Waals surface area contributed by atoms with E-state index in [4.69, 9.17) is 4.55 Å². The van der Waals surface area contributed by atoms with Gasteiger partial charge in [-0.2, -0.15) is 21.0 Å². The van der Waals surface area contributed by atoms with Crippen molar-refractivity contribution >= 4 is 52.3 Å². The molecule has 0 fully saturated rings. The van der Waals surface area contributed by atoms with Crippen molar-refractivity contribution in [3.8, 4) is 0 Å². The Morgan fingerprint density at radius 3 is 1.71 bits per heavy atom. The molecule has 0 amide bonds. The molecule has 0 atom stereocenters. The number of hydrogen-bond donors (Lipinski definition) is 2. The summed E-state index contributed by atoms with van der Waals surface area (Å²) in [6, 6.07) is 0. The summed E-state index contributed by atoms with van der Waals surface area (Å²) in [7, 11) is -3.80. The molecule has 0 aliphatic rings. The largest absolute Gasteiger partial charge is 0.285 e. The molecule has 3 nitrogen and oxygen atoms in total. The molecular formula is CH4NaO3S2. The zero-order valence-corrected chi connectivity index (χ0v) is 7.54. The summed E-state index contributed by atoms with van der Waals surface area (Å²) in [5, 5.41) is -0.507. The predicted molar refractivity (Wildman–Crippen MR) is 31.2 cm³/mol. The topological polar surface area (TPSA) is 54.4 Å². The average Bonchev–Trinajstić information content (AvgIpc) is 1.35. The minimum atomic E-state index is -3.80. The number of hydrogen-bond acceptors (Lipinski definition) is 3. The molecule has 0 unspecified atom stereocenters. The Hall–Kier alpha value is 1.26. The van der Waals surface area contributed by atoms with Crippen molar-refractivity contribution in [1.29, 1.82) is 0 Å². The average molecular weight is 151 g/mol. The molecule has 0 bridgehead atoms. The Balaban J connectivity index is 0. The van der Waals surface area contributed by atoms with Crippen LogP contribution in [0.25, 0.3) is 0 Å². The van der Waals surface area contributed by atoms with Crippen LogP contribution in [0.4, 0.5) is 0 Å². The van der Waals surface area contributed by atoms with Crippen LogP contribution in [0.2, 0.25) is 0 Å². The maximum Gasteiger partial charge on any atom is 0.274 e. The van der Waals surface area contributed by atoms with E-state index in [9.17, 15) is 8.42 Å². The summed E-state index contributed by atoms with van der Waals surface area (Å²) in [6.07, 6.45) is 0. The van der Waals surface area contributed by atoms with Crippen LogP contribution in [0.1, 0.15) is 0 Å². The van der Waals surface area contributed by atoms with E-state index in [-0.39, 0.29) is 29.6 Å². The van der Waals surface area contributed by atoms with Gasteiger partial charge in [-0.3, -0.25) is 4.55 Å². The zero-order valence-electron chi connectivity index (χ0n) is 3.83. The van der Waals surface area contributed by atoms with Gasteiger partial charge in [0.1, 0.15) is 5.08 Å². The van der Waals surface area contributed by atoms with E-state index in [1.807, 2.05) is 0 Å². The molecular weight excluding hydrogens is 147 g/mol. The molecule has 7 heavy (non-hydrogen) atoms. The van der Waals surface area contributed by atoms with Gasteiger partial charge in [-0.1, -0.05) is 0 Å². The fourth-order valence-corrected chi connectivity index (χ4v) is 0. The maximum atomic E-state index is 9.48. The van der Waals surface area contributed by atoms with Crippen LogP contribution in [0.5, 0.6) is 0 Å². The van der Waals surface area contributed by atoms with E-state index < -0.39 is 15.2 Å². The van der Waals surface area contributed by atoms with Crippen LogP contribution in [-0.4, -0.2) is 47.6 Å². The summed E-state index contributed by atoms with van der Waals surface area (Å²) >= 11 is 3.26. The molecule has 0 saturated carbocycles. The fraction of sp³-hybridized carbons (Fsp3) is 1.00. The summed E-state index contributed by atoms with van der Waals surface area (Å²) in [6.45, 7) is 0. The van der Waals surface area contributed by atoms with Crippen LogP contribution >= 0.6 is 12.6 Å². The van der Waals surface area contributed by atoms with Crippen molar-refractivity contribution < 1.29 is 13.0 Å². The Morgan fingerprint density at radius 2 is 1.71 bits per heavy atom. The molecule has 0 aliphatic heterocycles. The normalized spacial score (nSPS) is 10.0. The fourth-order valence-electron chi connectivity index (χ4n) is 0. The van der Waals surface area contributed by atoms with Gasteiger partial charge in [-0.25, -0.2) is 0 Å². The van der Waals surface area contributed by atoms with Crippen molar-refractivity contribution in [1.82, 2.24) is 0 Å². The van der Waals surface area contributed by atoms with E-state index in [2.05, 4.69) is 12.6 Å². The third-order valence-corrected chi connectivity index (χ3v) is 1.47. The van der Waals surface area contributed by atoms with Crippen LogP contribution in [0.15, 0.2) is 0 Å². The molecule has 0 aliphatic carbocycles. The molecule has 0 rings (SSSR count). The second-order valence-corrected chi connectivity index (χ2v) is 2.91. The summed E-state index contributed by atoms with van der Waals surface area (Å²) < 4.78 is 26.7. The molecule has 0 aromatic carbocycles. The van der Waals surface area contributed by atoms with Gasteiger partial charge in [0.2, 0.25) is 0 Å². The Kier molecular flexibility index (Phi) is 6.62. The van der Waals surface area contributed by atoms with Crippen LogP contribution in [0.3, 0.4) is 0 Å². The Morgan fingerprint density at radius 1 is 1.57 bits per heavy atom. The first-order chi connectivity index (χ1) is 2.56. The molecule has 0 aromatic rings. The molecule has 1 radical (unpaired) electrons. The van der Waals surface area contributed by atoms with Crippen molar-refractivity contribution in [2.75, 3.05) is 5.08 Å². The van der Waals surface area contributed by atoms with Crippen LogP contribution in [-0.2, 0) is 10.1 Å². The van der Waals surface area contributed by atoms with E-state index in [0.29, 0.717) is 0 Å². The van der Waals surface area contributed by atoms with Crippen LogP contribution in [0, 0.1) is 0 Å². The van der Waals surface area contributed by atoms with Gasteiger partial charge in [0, 0.05) is 29.6 Å². The van der Waals surface area contributed by atoms with Crippen molar-refractivity contribution in [3.63, 3.8) is 0 Å². The molecule has 0 spiro atoms. The molecule has 0 heterocycles. The third kappa shape index (κ3) is 11.1. The molecule has 6 heteroatoms. The summed E-state index contributed by atoms with van der Waals surface area (Å²) in [5.41, 5.74) is 0. The van der Waals surface area contributed by atoms with Gasteiger partial charge in [0.05, 0.1) is 0 Å². The monoisotopic (exact) mass is 151 g/mol. The molecule has 0 aromatic heterocycles. The molecule has 39 valence electrons. The van der Waals surface area contributed by atoms with Gasteiger partial charge >= 0.3 is 0 Å². The van der Waals surface area contributed by atoms with E-state index in [0.717, 1.165) is 0 Å². The van der Waals surface area contributed by atoms with E-state index >= 15 is 0 Å². The minimum Gasteiger partial charge on any atom is -0.285 e. The van der Waals surface area contributed by atoms with Gasteiger partial charge in [-0.05, 0) is 0 Å².